The minimum atomic E-state index is -0.396. The molecule has 0 bridgehead atoms. The lowest BCUT2D eigenvalue weighted by molar-refractivity contribution is -0.117. The maximum atomic E-state index is 12.9. The van der Waals surface area contributed by atoms with Crippen molar-refractivity contribution in [3.8, 4) is 5.75 Å². The van der Waals surface area contributed by atoms with Gasteiger partial charge in [0, 0.05) is 30.3 Å². The normalized spacial score (nSPS) is 17.0. The lowest BCUT2D eigenvalue weighted by Crippen LogP contribution is -2.37. The van der Waals surface area contributed by atoms with Crippen molar-refractivity contribution in [1.82, 2.24) is 5.32 Å². The van der Waals surface area contributed by atoms with Gasteiger partial charge in [-0.3, -0.25) is 9.59 Å². The number of carbonyl (C=O) groups excluding carboxylic acids is 2. The molecule has 0 spiro atoms. The second-order valence-electron chi connectivity index (χ2n) is 5.59. The molecule has 0 saturated carbocycles. The van der Waals surface area contributed by atoms with Gasteiger partial charge in [0.1, 0.15) is 11.6 Å². The number of rotatable bonds is 4. The molecule has 0 aromatic heterocycles. The van der Waals surface area contributed by atoms with Crippen LogP contribution in [-0.4, -0.2) is 31.5 Å². The summed E-state index contributed by atoms with van der Waals surface area (Å²) in [6.07, 6.45) is 0.226. The van der Waals surface area contributed by atoms with Crippen LogP contribution in [0.5, 0.6) is 5.75 Å². The smallest absolute Gasteiger partial charge is 0.251 e. The Balaban J connectivity index is 1.68. The molecule has 5 nitrogen and oxygen atoms in total. The van der Waals surface area contributed by atoms with E-state index in [0.717, 1.165) is 5.69 Å². The minimum Gasteiger partial charge on any atom is -0.497 e. The summed E-state index contributed by atoms with van der Waals surface area (Å²) in [4.78, 5) is 26.0. The van der Waals surface area contributed by atoms with Gasteiger partial charge in [0.2, 0.25) is 5.91 Å². The molecule has 2 aromatic rings. The largest absolute Gasteiger partial charge is 0.497 e. The molecule has 1 heterocycles. The number of ether oxygens (including phenoxy) is 1. The van der Waals surface area contributed by atoms with Gasteiger partial charge in [-0.25, -0.2) is 4.39 Å². The van der Waals surface area contributed by atoms with E-state index in [1.807, 2.05) is 12.1 Å². The number of benzene rings is 2. The number of carbonyl (C=O) groups is 2. The van der Waals surface area contributed by atoms with Crippen LogP contribution in [-0.2, 0) is 4.79 Å². The third kappa shape index (κ3) is 3.37. The summed E-state index contributed by atoms with van der Waals surface area (Å²) in [6, 6.07) is 12.2. The van der Waals surface area contributed by atoms with E-state index in [-0.39, 0.29) is 24.3 Å². The first-order valence-corrected chi connectivity index (χ1v) is 7.57. The standard InChI is InChI=1S/C18H17FN2O3/c1-24-16-4-2-3-15(10-16)21-11-14(9-17(21)22)20-18(23)12-5-7-13(19)8-6-12/h2-8,10,14H,9,11H2,1H3,(H,20,23)/t14-/m1/s1. The molecule has 6 heteroatoms. The fourth-order valence-electron chi connectivity index (χ4n) is 2.70. The van der Waals surface area contributed by atoms with Crippen LogP contribution in [0.4, 0.5) is 10.1 Å². The SMILES string of the molecule is COc1cccc(N2C[C@H](NC(=O)c3ccc(F)cc3)CC2=O)c1. The first-order chi connectivity index (χ1) is 11.6. The van der Waals surface area contributed by atoms with Gasteiger partial charge in [-0.1, -0.05) is 6.07 Å². The Morgan fingerprint density at radius 2 is 2.00 bits per heavy atom. The lowest BCUT2D eigenvalue weighted by atomic mass is 10.2. The van der Waals surface area contributed by atoms with Gasteiger partial charge in [-0.15, -0.1) is 0 Å². The molecule has 124 valence electrons. The summed E-state index contributed by atoms with van der Waals surface area (Å²) in [5.74, 6) is -0.112. The number of nitrogens with zero attached hydrogens (tertiary/aromatic N) is 1. The summed E-state index contributed by atoms with van der Waals surface area (Å²) in [5.41, 5.74) is 1.10. The van der Waals surface area contributed by atoms with Crippen molar-refractivity contribution in [2.45, 2.75) is 12.5 Å². The molecule has 2 aromatic carbocycles. The molecule has 3 rings (SSSR count). The first-order valence-electron chi connectivity index (χ1n) is 7.57. The summed E-state index contributed by atoms with van der Waals surface area (Å²) in [5, 5.41) is 2.82. The molecule has 1 aliphatic heterocycles. The lowest BCUT2D eigenvalue weighted by Gasteiger charge is -2.18. The van der Waals surface area contributed by atoms with Gasteiger partial charge in [0.25, 0.3) is 5.91 Å². The molecule has 1 atom stereocenters. The zero-order valence-corrected chi connectivity index (χ0v) is 13.2. The Bertz CT molecular complexity index is 761. The van der Waals surface area contributed by atoms with E-state index in [9.17, 15) is 14.0 Å². The molecule has 1 aliphatic rings. The van der Waals surface area contributed by atoms with Gasteiger partial charge in [0.15, 0.2) is 0 Å². The highest BCUT2D eigenvalue weighted by atomic mass is 19.1. The second kappa shape index (κ2) is 6.70. The number of anilines is 1. The summed E-state index contributed by atoms with van der Waals surface area (Å²) in [6.45, 7) is 0.388. The quantitative estimate of drug-likeness (QED) is 0.937. The van der Waals surface area contributed by atoms with Crippen LogP contribution in [0.15, 0.2) is 48.5 Å². The highest BCUT2D eigenvalue weighted by molar-refractivity contribution is 5.99. The van der Waals surface area contributed by atoms with E-state index in [4.69, 9.17) is 4.74 Å². The minimum absolute atomic E-state index is 0.0624. The van der Waals surface area contributed by atoms with Crippen LogP contribution in [0.1, 0.15) is 16.8 Å². The van der Waals surface area contributed by atoms with Crippen LogP contribution in [0.2, 0.25) is 0 Å². The maximum absolute atomic E-state index is 12.9. The third-order valence-corrected chi connectivity index (χ3v) is 3.93. The number of amides is 2. The molecule has 1 saturated heterocycles. The number of halogens is 1. The van der Waals surface area contributed by atoms with Crippen molar-refractivity contribution in [2.24, 2.45) is 0 Å². The maximum Gasteiger partial charge on any atom is 0.251 e. The Morgan fingerprint density at radius 1 is 1.25 bits per heavy atom. The molecule has 2 amide bonds. The zero-order chi connectivity index (χ0) is 17.1. The van der Waals surface area contributed by atoms with Crippen LogP contribution in [0, 0.1) is 5.82 Å². The monoisotopic (exact) mass is 328 g/mol. The van der Waals surface area contributed by atoms with Crippen LogP contribution < -0.4 is 15.0 Å². The van der Waals surface area contributed by atoms with Crippen molar-refractivity contribution in [2.75, 3.05) is 18.6 Å². The van der Waals surface area contributed by atoms with Crippen molar-refractivity contribution < 1.29 is 18.7 Å². The summed E-state index contributed by atoms with van der Waals surface area (Å²) < 4.78 is 18.1. The number of nitrogens with one attached hydrogen (secondary N) is 1. The summed E-state index contributed by atoms with van der Waals surface area (Å²) in [7, 11) is 1.57. The van der Waals surface area contributed by atoms with Gasteiger partial charge in [-0.05, 0) is 36.4 Å². The molecule has 24 heavy (non-hydrogen) atoms. The van der Waals surface area contributed by atoms with Gasteiger partial charge >= 0.3 is 0 Å². The van der Waals surface area contributed by atoms with Crippen molar-refractivity contribution in [3.05, 3.63) is 59.9 Å². The van der Waals surface area contributed by atoms with Crippen molar-refractivity contribution in [3.63, 3.8) is 0 Å². The molecule has 0 aliphatic carbocycles. The average molecular weight is 328 g/mol. The predicted octanol–water partition coefficient (Wildman–Crippen LogP) is 2.37. The zero-order valence-electron chi connectivity index (χ0n) is 13.2. The fourth-order valence-corrected chi connectivity index (χ4v) is 2.70. The molecular formula is C18H17FN2O3. The molecule has 1 fully saturated rings. The number of hydrogen-bond donors (Lipinski definition) is 1. The number of hydrogen-bond acceptors (Lipinski definition) is 3. The molecular weight excluding hydrogens is 311 g/mol. The Hall–Kier alpha value is -2.89. The van der Waals surface area contributed by atoms with Crippen LogP contribution in [0.3, 0.4) is 0 Å². The van der Waals surface area contributed by atoms with Gasteiger partial charge in [0.05, 0.1) is 13.2 Å². The Morgan fingerprint density at radius 3 is 2.71 bits per heavy atom. The van der Waals surface area contributed by atoms with Crippen molar-refractivity contribution >= 4 is 17.5 Å². The second-order valence-corrected chi connectivity index (χ2v) is 5.59. The highest BCUT2D eigenvalue weighted by Crippen LogP contribution is 2.25. The Kier molecular flexibility index (Phi) is 4.46. The van der Waals surface area contributed by atoms with E-state index >= 15 is 0 Å². The Labute approximate surface area is 139 Å². The van der Waals surface area contributed by atoms with E-state index in [1.54, 1.807) is 24.1 Å². The molecule has 0 radical (unpaired) electrons. The summed E-state index contributed by atoms with van der Waals surface area (Å²) >= 11 is 0. The van der Waals surface area contributed by atoms with E-state index < -0.39 is 5.82 Å². The van der Waals surface area contributed by atoms with Gasteiger partial charge in [-0.2, -0.15) is 0 Å². The van der Waals surface area contributed by atoms with Crippen molar-refractivity contribution in [1.29, 1.82) is 0 Å². The average Bonchev–Trinajstić information content (AvgIpc) is 2.95. The molecule has 0 unspecified atom stereocenters. The van der Waals surface area contributed by atoms with Crippen LogP contribution in [0.25, 0.3) is 0 Å². The van der Waals surface area contributed by atoms with Gasteiger partial charge < -0.3 is 15.0 Å². The fraction of sp³-hybridized carbons (Fsp3) is 0.222. The van der Waals surface area contributed by atoms with E-state index in [2.05, 4.69) is 5.32 Å². The van der Waals surface area contributed by atoms with E-state index in [0.29, 0.717) is 17.9 Å². The first kappa shape index (κ1) is 16.0. The topological polar surface area (TPSA) is 58.6 Å². The van der Waals surface area contributed by atoms with E-state index in [1.165, 1.54) is 24.3 Å². The van der Waals surface area contributed by atoms with Crippen LogP contribution >= 0.6 is 0 Å². The third-order valence-electron chi connectivity index (χ3n) is 3.93. The predicted molar refractivity (Wildman–Crippen MR) is 87.6 cm³/mol. The molecule has 1 N–H and O–H groups in total. The number of methoxy groups -OCH3 is 1. The highest BCUT2D eigenvalue weighted by Gasteiger charge is 2.31.